The first-order chi connectivity index (χ1) is 22.1. The summed E-state index contributed by atoms with van der Waals surface area (Å²) in [6.45, 7) is 4.79. The molecule has 0 spiro atoms. The highest BCUT2D eigenvalue weighted by molar-refractivity contribution is 6.23. The molecule has 9 rings (SSSR count). The van der Waals surface area contributed by atoms with Gasteiger partial charge in [0, 0.05) is 5.41 Å². The zero-order chi connectivity index (χ0) is 30.1. The third-order valence-corrected chi connectivity index (χ3v) is 10.0. The van der Waals surface area contributed by atoms with Crippen LogP contribution >= 0.6 is 0 Å². The molecule has 45 heavy (non-hydrogen) atoms. The van der Waals surface area contributed by atoms with Crippen LogP contribution in [0.2, 0.25) is 0 Å². The van der Waals surface area contributed by atoms with Crippen LogP contribution in [0.15, 0.2) is 158 Å². The van der Waals surface area contributed by atoms with Gasteiger partial charge < -0.3 is 0 Å². The van der Waals surface area contributed by atoms with Gasteiger partial charge in [-0.2, -0.15) is 0 Å². The first-order valence-electron chi connectivity index (χ1n) is 15.9. The van der Waals surface area contributed by atoms with Crippen molar-refractivity contribution in [3.8, 4) is 44.5 Å². The molecule has 0 nitrogen and oxygen atoms in total. The van der Waals surface area contributed by atoms with Crippen molar-refractivity contribution in [1.82, 2.24) is 0 Å². The number of rotatable bonds is 3. The molecule has 1 aliphatic rings. The standard InChI is InChI=1S/C45H32/c1-45(2)40-25-13-24-38(43(40)39-27-26-30-16-6-7-19-33(30)44(39)45)42-36-22-10-8-20-34(36)41(35-21-9-11-23-37(35)42)32-18-12-17-31(28-32)29-14-4-3-5-15-29/h3-28H,1-2H3. The highest BCUT2D eigenvalue weighted by Crippen LogP contribution is 2.56. The van der Waals surface area contributed by atoms with Gasteiger partial charge in [0.2, 0.25) is 0 Å². The van der Waals surface area contributed by atoms with E-state index in [0.717, 1.165) is 0 Å². The van der Waals surface area contributed by atoms with E-state index < -0.39 is 0 Å². The molecule has 0 atom stereocenters. The molecule has 0 bridgehead atoms. The summed E-state index contributed by atoms with van der Waals surface area (Å²) in [5.74, 6) is 0. The molecular formula is C45H32. The minimum atomic E-state index is -0.106. The van der Waals surface area contributed by atoms with Crippen LogP contribution in [0.25, 0.3) is 76.8 Å². The SMILES string of the molecule is CC1(C)c2cccc(-c3c4ccccc4c(-c4cccc(-c5ccccc5)c4)c4ccccc34)c2-c2ccc3ccccc3c21. The Morgan fingerprint density at radius 1 is 0.356 bits per heavy atom. The number of fused-ring (bicyclic) bond motifs is 7. The highest BCUT2D eigenvalue weighted by atomic mass is 14.4. The summed E-state index contributed by atoms with van der Waals surface area (Å²) in [6, 6.07) is 58.2. The van der Waals surface area contributed by atoms with Gasteiger partial charge in [-0.3, -0.25) is 0 Å². The van der Waals surface area contributed by atoms with Gasteiger partial charge in [0.05, 0.1) is 0 Å². The van der Waals surface area contributed by atoms with Crippen molar-refractivity contribution in [2.75, 3.05) is 0 Å². The fourth-order valence-corrected chi connectivity index (χ4v) is 8.07. The first-order valence-corrected chi connectivity index (χ1v) is 15.9. The van der Waals surface area contributed by atoms with E-state index in [1.54, 1.807) is 0 Å². The summed E-state index contributed by atoms with van der Waals surface area (Å²) >= 11 is 0. The highest BCUT2D eigenvalue weighted by Gasteiger charge is 2.38. The topological polar surface area (TPSA) is 0 Å². The first kappa shape index (κ1) is 26.0. The Balaban J connectivity index is 1.37. The smallest absolute Gasteiger partial charge is 0.0165 e. The largest absolute Gasteiger partial charge is 0.0622 e. The van der Waals surface area contributed by atoms with Gasteiger partial charge in [-0.15, -0.1) is 0 Å². The van der Waals surface area contributed by atoms with Gasteiger partial charge in [-0.1, -0.05) is 166 Å². The van der Waals surface area contributed by atoms with Gasteiger partial charge in [-0.05, 0) is 94.0 Å². The summed E-state index contributed by atoms with van der Waals surface area (Å²) < 4.78 is 0. The maximum atomic E-state index is 2.40. The Bertz CT molecular complexity index is 2390. The molecule has 0 N–H and O–H groups in total. The van der Waals surface area contributed by atoms with Crippen molar-refractivity contribution in [1.29, 1.82) is 0 Å². The third-order valence-electron chi connectivity index (χ3n) is 10.0. The molecule has 0 heteroatoms. The molecule has 1 aliphatic carbocycles. The molecule has 0 saturated carbocycles. The van der Waals surface area contributed by atoms with Gasteiger partial charge in [0.15, 0.2) is 0 Å². The lowest BCUT2D eigenvalue weighted by molar-refractivity contribution is 0.666. The molecule has 8 aromatic carbocycles. The molecule has 0 amide bonds. The van der Waals surface area contributed by atoms with Crippen molar-refractivity contribution >= 4 is 32.3 Å². The van der Waals surface area contributed by atoms with Crippen LogP contribution < -0.4 is 0 Å². The summed E-state index contributed by atoms with van der Waals surface area (Å²) in [5.41, 5.74) is 13.1. The van der Waals surface area contributed by atoms with E-state index in [0.29, 0.717) is 0 Å². The molecule has 0 heterocycles. The van der Waals surface area contributed by atoms with Crippen molar-refractivity contribution < 1.29 is 0 Å². The lowest BCUT2D eigenvalue weighted by Crippen LogP contribution is -2.15. The van der Waals surface area contributed by atoms with Crippen LogP contribution in [0.4, 0.5) is 0 Å². The molecule has 0 fully saturated rings. The summed E-state index contributed by atoms with van der Waals surface area (Å²) in [7, 11) is 0. The van der Waals surface area contributed by atoms with Crippen molar-refractivity contribution in [2.45, 2.75) is 19.3 Å². The van der Waals surface area contributed by atoms with Gasteiger partial charge >= 0.3 is 0 Å². The molecule has 212 valence electrons. The monoisotopic (exact) mass is 572 g/mol. The van der Waals surface area contributed by atoms with Crippen LogP contribution in [0.1, 0.15) is 25.0 Å². The van der Waals surface area contributed by atoms with Crippen LogP contribution in [-0.4, -0.2) is 0 Å². The minimum absolute atomic E-state index is 0.106. The van der Waals surface area contributed by atoms with Crippen molar-refractivity contribution in [3.05, 3.63) is 169 Å². The maximum absolute atomic E-state index is 2.40. The third kappa shape index (κ3) is 3.79. The lowest BCUT2D eigenvalue weighted by Gasteiger charge is -2.23. The Labute approximate surface area is 264 Å². The second-order valence-electron chi connectivity index (χ2n) is 12.9. The quantitative estimate of drug-likeness (QED) is 0.185. The van der Waals surface area contributed by atoms with E-state index in [-0.39, 0.29) is 5.41 Å². The summed E-state index contributed by atoms with van der Waals surface area (Å²) in [6.07, 6.45) is 0. The Morgan fingerprint density at radius 3 is 1.62 bits per heavy atom. The Kier molecular flexibility index (Phi) is 5.64. The van der Waals surface area contributed by atoms with Crippen molar-refractivity contribution in [2.24, 2.45) is 0 Å². The van der Waals surface area contributed by atoms with E-state index in [1.807, 2.05) is 0 Å². The summed E-state index contributed by atoms with van der Waals surface area (Å²) in [4.78, 5) is 0. The lowest BCUT2D eigenvalue weighted by atomic mass is 9.79. The van der Waals surface area contributed by atoms with E-state index in [9.17, 15) is 0 Å². The van der Waals surface area contributed by atoms with E-state index in [2.05, 4.69) is 172 Å². The van der Waals surface area contributed by atoms with Gasteiger partial charge in [-0.25, -0.2) is 0 Å². The van der Waals surface area contributed by atoms with Crippen LogP contribution in [-0.2, 0) is 5.41 Å². The van der Waals surface area contributed by atoms with Gasteiger partial charge in [0.25, 0.3) is 0 Å². The molecule has 8 aromatic rings. The van der Waals surface area contributed by atoms with Gasteiger partial charge in [0.1, 0.15) is 0 Å². The molecule has 0 unspecified atom stereocenters. The Hall–Kier alpha value is -5.46. The van der Waals surface area contributed by atoms with Crippen LogP contribution in [0, 0.1) is 0 Å². The van der Waals surface area contributed by atoms with Crippen LogP contribution in [0.5, 0.6) is 0 Å². The van der Waals surface area contributed by atoms with E-state index >= 15 is 0 Å². The fourth-order valence-electron chi connectivity index (χ4n) is 8.07. The average Bonchev–Trinajstić information content (AvgIpc) is 3.34. The predicted molar refractivity (Wildman–Crippen MR) is 193 cm³/mol. The molecule has 0 radical (unpaired) electrons. The number of hydrogen-bond acceptors (Lipinski definition) is 0. The van der Waals surface area contributed by atoms with E-state index in [1.165, 1.54) is 88.0 Å². The molecule has 0 saturated heterocycles. The summed E-state index contributed by atoms with van der Waals surface area (Å²) in [5, 5.41) is 7.80. The van der Waals surface area contributed by atoms with E-state index in [4.69, 9.17) is 0 Å². The fraction of sp³-hybridized carbons (Fsp3) is 0.0667. The minimum Gasteiger partial charge on any atom is -0.0622 e. The maximum Gasteiger partial charge on any atom is 0.0165 e. The predicted octanol–water partition coefficient (Wildman–Crippen LogP) is 12.5. The molecule has 0 aromatic heterocycles. The Morgan fingerprint density at radius 2 is 0.911 bits per heavy atom. The molecule has 0 aliphatic heterocycles. The zero-order valence-corrected chi connectivity index (χ0v) is 25.5. The molecular weight excluding hydrogens is 540 g/mol. The van der Waals surface area contributed by atoms with Crippen LogP contribution in [0.3, 0.4) is 0 Å². The number of hydrogen-bond donors (Lipinski definition) is 0. The second-order valence-corrected chi connectivity index (χ2v) is 12.9. The normalized spacial score (nSPS) is 13.3. The van der Waals surface area contributed by atoms with Crippen molar-refractivity contribution in [3.63, 3.8) is 0 Å². The number of benzene rings is 8. The average molecular weight is 573 g/mol. The second kappa shape index (κ2) is 9.78. The zero-order valence-electron chi connectivity index (χ0n) is 25.5.